The number of anilines is 2. The first kappa shape index (κ1) is 22.4. The summed E-state index contributed by atoms with van der Waals surface area (Å²) < 4.78 is 10.9. The molecule has 4 rings (SSSR count). The predicted molar refractivity (Wildman–Crippen MR) is 126 cm³/mol. The number of piperazine rings is 1. The molecule has 0 radical (unpaired) electrons. The van der Waals surface area contributed by atoms with Gasteiger partial charge >= 0.3 is 6.03 Å². The van der Waals surface area contributed by atoms with Crippen LogP contribution in [-0.4, -0.2) is 49.6 Å². The highest BCUT2D eigenvalue weighted by atomic mass is 16.5. The maximum absolute atomic E-state index is 12.5. The topological polar surface area (TPSA) is 87.1 Å². The van der Waals surface area contributed by atoms with Gasteiger partial charge in [0.15, 0.2) is 0 Å². The van der Waals surface area contributed by atoms with Gasteiger partial charge in [-0.3, -0.25) is 4.79 Å². The van der Waals surface area contributed by atoms with E-state index in [1.54, 1.807) is 17.2 Å². The van der Waals surface area contributed by atoms with Gasteiger partial charge in [-0.05, 0) is 42.0 Å². The summed E-state index contributed by atoms with van der Waals surface area (Å²) in [6, 6.07) is 20.8. The third-order valence-corrected chi connectivity index (χ3v) is 5.43. The van der Waals surface area contributed by atoms with Gasteiger partial charge in [0, 0.05) is 37.6 Å². The average molecular weight is 449 g/mol. The summed E-state index contributed by atoms with van der Waals surface area (Å²) in [5.41, 5.74) is 2.72. The molecule has 172 valence electrons. The van der Waals surface area contributed by atoms with Crippen molar-refractivity contribution in [2.24, 2.45) is 0 Å². The summed E-state index contributed by atoms with van der Waals surface area (Å²) in [6.45, 7) is 3.56. The Kier molecular flexibility index (Phi) is 7.60. The molecule has 3 amide bonds. The summed E-state index contributed by atoms with van der Waals surface area (Å²) in [4.78, 5) is 28.8. The fraction of sp³-hybridized carbons (Fsp3) is 0.280. The molecule has 2 aromatic carbocycles. The smallest absolute Gasteiger partial charge is 0.319 e. The normalized spacial score (nSPS) is 13.6. The van der Waals surface area contributed by atoms with Gasteiger partial charge in [-0.2, -0.15) is 0 Å². The van der Waals surface area contributed by atoms with Crippen LogP contribution in [-0.2, 0) is 22.7 Å². The van der Waals surface area contributed by atoms with Crippen LogP contribution in [0.25, 0.3) is 0 Å². The van der Waals surface area contributed by atoms with Gasteiger partial charge < -0.3 is 29.6 Å². The molecule has 2 N–H and O–H groups in total. The molecule has 1 aromatic heterocycles. The van der Waals surface area contributed by atoms with Crippen molar-refractivity contribution in [1.29, 1.82) is 0 Å². The van der Waals surface area contributed by atoms with Gasteiger partial charge in [-0.1, -0.05) is 30.3 Å². The Bertz CT molecular complexity index is 1030. The van der Waals surface area contributed by atoms with E-state index in [1.807, 2.05) is 48.5 Å². The summed E-state index contributed by atoms with van der Waals surface area (Å²) >= 11 is 0. The molecule has 0 saturated carbocycles. The molecule has 33 heavy (non-hydrogen) atoms. The molecule has 0 aliphatic carbocycles. The number of ether oxygens (including phenoxy) is 1. The first-order chi connectivity index (χ1) is 16.2. The van der Waals surface area contributed by atoms with Crippen molar-refractivity contribution < 1.29 is 18.7 Å². The number of amides is 3. The van der Waals surface area contributed by atoms with Crippen LogP contribution in [0.4, 0.5) is 16.2 Å². The Balaban J connectivity index is 1.17. The van der Waals surface area contributed by atoms with Gasteiger partial charge in [0.2, 0.25) is 5.91 Å². The molecule has 3 aromatic rings. The summed E-state index contributed by atoms with van der Waals surface area (Å²) in [6.07, 6.45) is 1.61. The molecule has 8 heteroatoms. The molecule has 1 fully saturated rings. The minimum absolute atomic E-state index is 0.0386. The van der Waals surface area contributed by atoms with Crippen molar-refractivity contribution in [1.82, 2.24) is 10.2 Å². The number of furan rings is 1. The minimum atomic E-state index is -0.417. The molecular weight excluding hydrogens is 420 g/mol. The lowest BCUT2D eigenvalue weighted by Crippen LogP contribution is -2.51. The zero-order valence-electron chi connectivity index (χ0n) is 18.4. The van der Waals surface area contributed by atoms with E-state index in [4.69, 9.17) is 9.15 Å². The third-order valence-electron chi connectivity index (χ3n) is 5.43. The Morgan fingerprint density at radius 2 is 1.73 bits per heavy atom. The SMILES string of the molecule is O=C(NCC(=O)N1CCN(c2ccccc2)CC1)Nc1cccc(COCc2ccco2)c1. The number of benzene rings is 2. The Labute approximate surface area is 193 Å². The third kappa shape index (κ3) is 6.60. The van der Waals surface area contributed by atoms with E-state index in [9.17, 15) is 9.59 Å². The molecular formula is C25H28N4O4. The maximum Gasteiger partial charge on any atom is 0.319 e. The number of urea groups is 1. The van der Waals surface area contributed by atoms with Crippen molar-refractivity contribution in [2.75, 3.05) is 42.9 Å². The van der Waals surface area contributed by atoms with Crippen molar-refractivity contribution >= 4 is 23.3 Å². The fourth-order valence-corrected chi connectivity index (χ4v) is 3.70. The van der Waals surface area contributed by atoms with E-state index < -0.39 is 6.03 Å². The largest absolute Gasteiger partial charge is 0.467 e. The highest BCUT2D eigenvalue weighted by Gasteiger charge is 2.21. The molecule has 1 saturated heterocycles. The van der Waals surface area contributed by atoms with Gasteiger partial charge in [0.25, 0.3) is 0 Å². The molecule has 0 bridgehead atoms. The van der Waals surface area contributed by atoms with E-state index in [1.165, 1.54) is 0 Å². The first-order valence-corrected chi connectivity index (χ1v) is 11.0. The zero-order chi connectivity index (χ0) is 22.9. The van der Waals surface area contributed by atoms with E-state index in [0.717, 1.165) is 30.1 Å². The van der Waals surface area contributed by atoms with Gasteiger partial charge in [0.05, 0.1) is 19.4 Å². The second kappa shape index (κ2) is 11.2. The molecule has 1 aliphatic rings. The minimum Gasteiger partial charge on any atom is -0.467 e. The van der Waals surface area contributed by atoms with Crippen LogP contribution in [0.1, 0.15) is 11.3 Å². The second-order valence-corrected chi connectivity index (χ2v) is 7.78. The number of carbonyl (C=O) groups is 2. The van der Waals surface area contributed by atoms with E-state index in [0.29, 0.717) is 32.0 Å². The van der Waals surface area contributed by atoms with E-state index >= 15 is 0 Å². The van der Waals surface area contributed by atoms with Crippen molar-refractivity contribution in [3.05, 3.63) is 84.3 Å². The van der Waals surface area contributed by atoms with Crippen molar-refractivity contribution in [3.63, 3.8) is 0 Å². The number of nitrogens with one attached hydrogen (secondary N) is 2. The number of hydrogen-bond donors (Lipinski definition) is 2. The molecule has 0 atom stereocenters. The number of para-hydroxylation sites is 1. The maximum atomic E-state index is 12.5. The predicted octanol–water partition coefficient (Wildman–Crippen LogP) is 3.47. The number of nitrogens with zero attached hydrogens (tertiary/aromatic N) is 2. The number of rotatable bonds is 8. The second-order valence-electron chi connectivity index (χ2n) is 7.78. The summed E-state index contributed by atoms with van der Waals surface area (Å²) in [5.74, 6) is 0.674. The van der Waals surface area contributed by atoms with Crippen LogP contribution in [0, 0.1) is 0 Å². The first-order valence-electron chi connectivity index (χ1n) is 11.0. The Morgan fingerprint density at radius 3 is 2.48 bits per heavy atom. The van der Waals surface area contributed by atoms with Gasteiger partial charge in [-0.15, -0.1) is 0 Å². The Morgan fingerprint density at radius 1 is 0.909 bits per heavy atom. The molecule has 0 spiro atoms. The zero-order valence-corrected chi connectivity index (χ0v) is 18.4. The van der Waals surface area contributed by atoms with Crippen LogP contribution in [0.3, 0.4) is 0 Å². The van der Waals surface area contributed by atoms with E-state index in [2.05, 4.69) is 27.7 Å². The van der Waals surface area contributed by atoms with Gasteiger partial charge in [-0.25, -0.2) is 4.79 Å². The molecule has 1 aliphatic heterocycles. The quantitative estimate of drug-likeness (QED) is 0.551. The highest BCUT2D eigenvalue weighted by molar-refractivity contribution is 5.92. The lowest BCUT2D eigenvalue weighted by molar-refractivity contribution is -0.130. The summed E-state index contributed by atoms with van der Waals surface area (Å²) in [5, 5.41) is 5.42. The molecule has 8 nitrogen and oxygen atoms in total. The lowest BCUT2D eigenvalue weighted by atomic mass is 10.2. The molecule has 0 unspecified atom stereocenters. The van der Waals surface area contributed by atoms with Crippen LogP contribution >= 0.6 is 0 Å². The van der Waals surface area contributed by atoms with E-state index in [-0.39, 0.29) is 12.5 Å². The van der Waals surface area contributed by atoms with Crippen LogP contribution in [0.5, 0.6) is 0 Å². The fourth-order valence-electron chi connectivity index (χ4n) is 3.70. The summed E-state index contributed by atoms with van der Waals surface area (Å²) in [7, 11) is 0. The Hall–Kier alpha value is -3.78. The number of hydrogen-bond acceptors (Lipinski definition) is 5. The lowest BCUT2D eigenvalue weighted by Gasteiger charge is -2.36. The van der Waals surface area contributed by atoms with Crippen molar-refractivity contribution in [3.8, 4) is 0 Å². The number of carbonyl (C=O) groups excluding carboxylic acids is 2. The monoisotopic (exact) mass is 448 g/mol. The average Bonchev–Trinajstić information content (AvgIpc) is 3.37. The molecule has 2 heterocycles. The van der Waals surface area contributed by atoms with Crippen molar-refractivity contribution in [2.45, 2.75) is 13.2 Å². The standard InChI is InChI=1S/C25H28N4O4/c30-24(29-13-11-28(12-14-29)22-8-2-1-3-9-22)17-26-25(31)27-21-7-4-6-20(16-21)18-32-19-23-10-5-15-33-23/h1-10,15-16H,11-14,17-19H2,(H2,26,27,31). The van der Waals surface area contributed by atoms with Crippen LogP contribution < -0.4 is 15.5 Å². The van der Waals surface area contributed by atoms with Gasteiger partial charge in [0.1, 0.15) is 12.4 Å². The van der Waals surface area contributed by atoms with Crippen LogP contribution in [0.2, 0.25) is 0 Å². The highest BCUT2D eigenvalue weighted by Crippen LogP contribution is 2.16. The van der Waals surface area contributed by atoms with Crippen LogP contribution in [0.15, 0.2) is 77.4 Å².